The van der Waals surface area contributed by atoms with Gasteiger partial charge in [0.15, 0.2) is 0 Å². The van der Waals surface area contributed by atoms with Gasteiger partial charge < -0.3 is 10.1 Å². The number of methoxy groups -OCH3 is 1. The van der Waals surface area contributed by atoms with E-state index in [-0.39, 0.29) is 11.8 Å². The predicted octanol–water partition coefficient (Wildman–Crippen LogP) is 4.48. The van der Waals surface area contributed by atoms with E-state index in [0.29, 0.717) is 20.7 Å². The minimum Gasteiger partial charge on any atom is -0.497 e. The zero-order chi connectivity index (χ0) is 20.8. The van der Waals surface area contributed by atoms with Crippen LogP contribution in [-0.4, -0.2) is 34.2 Å². The topological polar surface area (TPSA) is 58.6 Å². The van der Waals surface area contributed by atoms with Gasteiger partial charge in [-0.2, -0.15) is 0 Å². The molecule has 2 aromatic carbocycles. The maximum absolute atomic E-state index is 12.8. The van der Waals surface area contributed by atoms with Gasteiger partial charge in [0.2, 0.25) is 5.91 Å². The van der Waals surface area contributed by atoms with Crippen molar-refractivity contribution in [2.24, 2.45) is 0 Å². The van der Waals surface area contributed by atoms with E-state index in [1.165, 1.54) is 16.7 Å². The minimum atomic E-state index is -0.728. The molecule has 2 aromatic rings. The lowest BCUT2D eigenvalue weighted by atomic mass is 10.2. The van der Waals surface area contributed by atoms with Crippen LogP contribution in [0.15, 0.2) is 71.7 Å². The summed E-state index contributed by atoms with van der Waals surface area (Å²) in [6.45, 7) is 1.66. The highest BCUT2D eigenvalue weighted by molar-refractivity contribution is 8.26. The molecule has 1 N–H and O–H groups in total. The molecule has 1 unspecified atom stereocenters. The number of hydrogen-bond donors (Lipinski definition) is 1. The number of amides is 2. The molecular formula is C22H20N2O3S2. The molecule has 1 atom stereocenters. The highest BCUT2D eigenvalue weighted by Gasteiger charge is 2.37. The van der Waals surface area contributed by atoms with E-state index in [9.17, 15) is 9.59 Å². The van der Waals surface area contributed by atoms with E-state index in [2.05, 4.69) is 5.32 Å². The summed E-state index contributed by atoms with van der Waals surface area (Å²) in [5, 5.41) is 2.80. The third kappa shape index (κ3) is 5.13. The number of ether oxygens (including phenoxy) is 1. The smallest absolute Gasteiger partial charge is 0.266 e. The Kier molecular flexibility index (Phi) is 6.85. The number of allylic oxidation sites excluding steroid dienone is 2. The summed E-state index contributed by atoms with van der Waals surface area (Å²) in [5.74, 6) is 0.115. The van der Waals surface area contributed by atoms with Crippen molar-refractivity contribution in [3.05, 3.63) is 77.2 Å². The molecule has 0 aromatic heterocycles. The van der Waals surface area contributed by atoms with E-state index in [0.717, 1.165) is 5.56 Å². The predicted molar refractivity (Wildman–Crippen MR) is 122 cm³/mol. The molecule has 1 heterocycles. The molecule has 1 aliphatic rings. The van der Waals surface area contributed by atoms with E-state index in [4.69, 9.17) is 17.0 Å². The number of thiocarbonyl (C=S) groups is 1. The second kappa shape index (κ2) is 9.54. The van der Waals surface area contributed by atoms with Gasteiger partial charge >= 0.3 is 0 Å². The maximum atomic E-state index is 12.8. The van der Waals surface area contributed by atoms with Crippen LogP contribution in [0, 0.1) is 0 Å². The molecule has 0 saturated carbocycles. The lowest BCUT2D eigenvalue weighted by Gasteiger charge is -2.22. The Morgan fingerprint density at radius 2 is 1.86 bits per heavy atom. The number of carbonyl (C=O) groups is 2. The van der Waals surface area contributed by atoms with Gasteiger partial charge in [0, 0.05) is 5.69 Å². The Bertz CT molecular complexity index is 969. The number of hydrogen-bond acceptors (Lipinski definition) is 5. The Hall–Kier alpha value is -2.90. The van der Waals surface area contributed by atoms with Crippen molar-refractivity contribution in [1.82, 2.24) is 4.90 Å². The van der Waals surface area contributed by atoms with Gasteiger partial charge in [-0.25, -0.2) is 0 Å². The van der Waals surface area contributed by atoms with Crippen molar-refractivity contribution in [2.45, 2.75) is 13.0 Å². The SMILES string of the molecule is COc1ccc(NC(=O)C(C)N2C(=O)/C(=C/C=C/c3ccccc3)SC2=S)cc1. The van der Waals surface area contributed by atoms with Crippen molar-refractivity contribution in [3.8, 4) is 5.75 Å². The lowest BCUT2D eigenvalue weighted by molar-refractivity contribution is -0.129. The molecule has 0 spiro atoms. The van der Waals surface area contributed by atoms with Crippen LogP contribution in [0.2, 0.25) is 0 Å². The number of rotatable bonds is 6. The largest absolute Gasteiger partial charge is 0.497 e. The molecular weight excluding hydrogens is 404 g/mol. The van der Waals surface area contributed by atoms with Gasteiger partial charge in [0.1, 0.15) is 16.1 Å². The fourth-order valence-electron chi connectivity index (χ4n) is 2.68. The third-order valence-electron chi connectivity index (χ3n) is 4.28. The molecule has 2 amide bonds. The summed E-state index contributed by atoms with van der Waals surface area (Å²) in [5.41, 5.74) is 1.65. The molecule has 1 saturated heterocycles. The van der Waals surface area contributed by atoms with Crippen LogP contribution in [0.25, 0.3) is 6.08 Å². The van der Waals surface area contributed by atoms with Crippen LogP contribution in [0.5, 0.6) is 5.75 Å². The van der Waals surface area contributed by atoms with Crippen LogP contribution in [0.4, 0.5) is 5.69 Å². The molecule has 3 rings (SSSR count). The van der Waals surface area contributed by atoms with Crippen molar-refractivity contribution in [1.29, 1.82) is 0 Å². The highest BCUT2D eigenvalue weighted by Crippen LogP contribution is 2.33. The Balaban J connectivity index is 1.67. The van der Waals surface area contributed by atoms with Crippen LogP contribution >= 0.6 is 24.0 Å². The van der Waals surface area contributed by atoms with Crippen LogP contribution in [0.3, 0.4) is 0 Å². The first-order chi connectivity index (χ1) is 14.0. The molecule has 29 heavy (non-hydrogen) atoms. The second-order valence-corrected chi connectivity index (χ2v) is 7.91. The average Bonchev–Trinajstić information content (AvgIpc) is 3.02. The number of benzene rings is 2. The number of thioether (sulfide) groups is 1. The minimum absolute atomic E-state index is 0.268. The lowest BCUT2D eigenvalue weighted by Crippen LogP contribution is -2.44. The molecule has 1 fully saturated rings. The Labute approximate surface area is 179 Å². The monoisotopic (exact) mass is 424 g/mol. The molecule has 0 aliphatic carbocycles. The number of anilines is 1. The highest BCUT2D eigenvalue weighted by atomic mass is 32.2. The van der Waals surface area contributed by atoms with Crippen molar-refractivity contribution in [3.63, 3.8) is 0 Å². The molecule has 7 heteroatoms. The van der Waals surface area contributed by atoms with E-state index in [1.807, 2.05) is 42.5 Å². The first kappa shape index (κ1) is 20.8. The standard InChI is InChI=1S/C22H20N2O3S2/c1-15(20(25)23-17-11-13-18(27-2)14-12-17)24-21(26)19(29-22(24)28)10-6-9-16-7-4-3-5-8-16/h3-15H,1-2H3,(H,23,25)/b9-6+,19-10-. The van der Waals surface area contributed by atoms with Gasteiger partial charge in [0.25, 0.3) is 5.91 Å². The number of nitrogens with one attached hydrogen (secondary N) is 1. The van der Waals surface area contributed by atoms with Crippen LogP contribution < -0.4 is 10.1 Å². The van der Waals surface area contributed by atoms with Crippen molar-refractivity contribution in [2.75, 3.05) is 12.4 Å². The van der Waals surface area contributed by atoms with Gasteiger partial charge in [-0.1, -0.05) is 66.5 Å². The Morgan fingerprint density at radius 3 is 2.52 bits per heavy atom. The first-order valence-electron chi connectivity index (χ1n) is 8.93. The normalized spacial score (nSPS) is 16.5. The van der Waals surface area contributed by atoms with E-state index >= 15 is 0 Å². The van der Waals surface area contributed by atoms with Crippen LogP contribution in [-0.2, 0) is 9.59 Å². The number of carbonyl (C=O) groups excluding carboxylic acids is 2. The van der Waals surface area contributed by atoms with Gasteiger partial charge in [-0.3, -0.25) is 14.5 Å². The zero-order valence-electron chi connectivity index (χ0n) is 16.0. The summed E-state index contributed by atoms with van der Waals surface area (Å²) in [4.78, 5) is 27.2. The van der Waals surface area contributed by atoms with E-state index < -0.39 is 6.04 Å². The zero-order valence-corrected chi connectivity index (χ0v) is 17.6. The van der Waals surface area contributed by atoms with Gasteiger partial charge in [0.05, 0.1) is 12.0 Å². The average molecular weight is 425 g/mol. The second-order valence-electron chi connectivity index (χ2n) is 6.24. The quantitative estimate of drug-likeness (QED) is 0.547. The van der Waals surface area contributed by atoms with E-state index in [1.54, 1.807) is 44.4 Å². The summed E-state index contributed by atoms with van der Waals surface area (Å²) >= 11 is 6.53. The van der Waals surface area contributed by atoms with Crippen molar-refractivity contribution >= 4 is 51.9 Å². The van der Waals surface area contributed by atoms with Gasteiger partial charge in [-0.15, -0.1) is 0 Å². The fraction of sp³-hybridized carbons (Fsp3) is 0.136. The van der Waals surface area contributed by atoms with Gasteiger partial charge in [-0.05, 0) is 42.8 Å². The summed E-state index contributed by atoms with van der Waals surface area (Å²) < 4.78 is 5.47. The Morgan fingerprint density at radius 1 is 1.17 bits per heavy atom. The molecule has 5 nitrogen and oxygen atoms in total. The molecule has 0 bridgehead atoms. The fourth-order valence-corrected chi connectivity index (χ4v) is 4.05. The number of nitrogens with zero attached hydrogens (tertiary/aromatic N) is 1. The molecule has 148 valence electrons. The van der Waals surface area contributed by atoms with Crippen molar-refractivity contribution < 1.29 is 14.3 Å². The maximum Gasteiger partial charge on any atom is 0.266 e. The summed E-state index contributed by atoms with van der Waals surface area (Å²) in [6.07, 6.45) is 5.44. The first-order valence-corrected chi connectivity index (χ1v) is 10.2. The molecule has 1 aliphatic heterocycles. The summed E-state index contributed by atoms with van der Waals surface area (Å²) in [7, 11) is 1.58. The summed E-state index contributed by atoms with van der Waals surface area (Å²) in [6, 6.07) is 16.0. The van der Waals surface area contributed by atoms with Crippen LogP contribution in [0.1, 0.15) is 12.5 Å². The third-order valence-corrected chi connectivity index (χ3v) is 5.63. The molecule has 0 radical (unpaired) electrons.